The van der Waals surface area contributed by atoms with Gasteiger partial charge in [0.25, 0.3) is 0 Å². The zero-order chi connectivity index (χ0) is 17.6. The van der Waals surface area contributed by atoms with E-state index in [1.165, 1.54) is 22.0 Å². The number of hydrogen-bond donors (Lipinski definition) is 0. The second-order valence-electron chi connectivity index (χ2n) is 6.54. The fourth-order valence-corrected chi connectivity index (χ4v) is 3.33. The number of unbranched alkanes of at least 4 members (excludes halogenated alkanes) is 1. The van der Waals surface area contributed by atoms with Crippen LogP contribution in [0.3, 0.4) is 0 Å². The van der Waals surface area contributed by atoms with Crippen molar-refractivity contribution in [3.05, 3.63) is 90.6 Å². The summed E-state index contributed by atoms with van der Waals surface area (Å²) < 4.78 is 4.50. The van der Waals surface area contributed by atoms with Crippen molar-refractivity contribution in [1.29, 1.82) is 0 Å². The van der Waals surface area contributed by atoms with Crippen LogP contribution < -0.4 is 0 Å². The Bertz CT molecular complexity index is 979. The van der Waals surface area contributed by atoms with Crippen LogP contribution in [0, 0.1) is 0 Å². The third-order valence-corrected chi connectivity index (χ3v) is 4.73. The van der Waals surface area contributed by atoms with Crippen molar-refractivity contribution < 1.29 is 0 Å². The van der Waals surface area contributed by atoms with E-state index in [2.05, 4.69) is 81.0 Å². The van der Waals surface area contributed by atoms with Crippen LogP contribution in [-0.4, -0.2) is 14.1 Å². The van der Waals surface area contributed by atoms with Gasteiger partial charge in [-0.2, -0.15) is 0 Å². The summed E-state index contributed by atoms with van der Waals surface area (Å²) in [7, 11) is 0. The molecule has 2 heterocycles. The highest BCUT2D eigenvalue weighted by Crippen LogP contribution is 2.23. The number of imidazole rings is 1. The Morgan fingerprint density at radius 2 is 1.69 bits per heavy atom. The summed E-state index contributed by atoms with van der Waals surface area (Å²) in [6, 6.07) is 19.2. The Morgan fingerprint density at radius 3 is 2.54 bits per heavy atom. The molecule has 0 aliphatic carbocycles. The Labute approximate surface area is 154 Å². The molecule has 3 nitrogen and oxygen atoms in total. The molecule has 0 aliphatic rings. The molecule has 0 radical (unpaired) electrons. The first-order chi connectivity index (χ1) is 12.9. The molecule has 0 spiro atoms. The van der Waals surface area contributed by atoms with Gasteiger partial charge in [-0.15, -0.1) is 0 Å². The van der Waals surface area contributed by atoms with Gasteiger partial charge in [0, 0.05) is 42.6 Å². The third kappa shape index (κ3) is 3.77. The van der Waals surface area contributed by atoms with Gasteiger partial charge < -0.3 is 9.13 Å². The maximum Gasteiger partial charge on any atom is 0.0945 e. The van der Waals surface area contributed by atoms with Crippen LogP contribution in [0.25, 0.3) is 23.1 Å². The number of aryl methyl sites for hydroxylation is 2. The number of aromatic nitrogens is 3. The van der Waals surface area contributed by atoms with Crippen LogP contribution in [0.15, 0.2) is 79.5 Å². The largest absolute Gasteiger partial charge is 0.347 e. The van der Waals surface area contributed by atoms with Crippen LogP contribution in [0.4, 0.5) is 0 Å². The molecule has 0 bridgehead atoms. The van der Waals surface area contributed by atoms with E-state index in [1.807, 2.05) is 24.8 Å². The Kier molecular flexibility index (Phi) is 4.97. The van der Waals surface area contributed by atoms with E-state index in [1.54, 1.807) is 0 Å². The van der Waals surface area contributed by atoms with Gasteiger partial charge in [-0.3, -0.25) is 0 Å². The summed E-state index contributed by atoms with van der Waals surface area (Å²) >= 11 is 0. The highest BCUT2D eigenvalue weighted by Gasteiger charge is 2.04. The third-order valence-electron chi connectivity index (χ3n) is 4.73. The molecule has 130 valence electrons. The molecular weight excluding hydrogens is 318 g/mol. The standard InChI is InChI=1S/C23H23N3/c1-2-7-20(8-3-1)11-12-21-9-6-10-23-22(21)13-17-26(23)16-5-4-15-25-18-14-24-19-25/h1-3,6-14,17-19H,4-5,15-16H2/b12-11+. The molecule has 2 aromatic carbocycles. The first-order valence-electron chi connectivity index (χ1n) is 9.17. The van der Waals surface area contributed by atoms with Crippen molar-refractivity contribution >= 4 is 23.1 Å². The lowest BCUT2D eigenvalue weighted by molar-refractivity contribution is 0.560. The van der Waals surface area contributed by atoms with Crippen molar-refractivity contribution in [3.63, 3.8) is 0 Å². The highest BCUT2D eigenvalue weighted by atomic mass is 15.0. The lowest BCUT2D eigenvalue weighted by Gasteiger charge is -2.07. The smallest absolute Gasteiger partial charge is 0.0945 e. The van der Waals surface area contributed by atoms with Crippen molar-refractivity contribution in [1.82, 2.24) is 14.1 Å². The summed E-state index contributed by atoms with van der Waals surface area (Å²) in [5, 5.41) is 1.31. The number of fused-ring (bicyclic) bond motifs is 1. The van der Waals surface area contributed by atoms with Gasteiger partial charge in [-0.1, -0.05) is 54.6 Å². The Balaban J connectivity index is 1.45. The lowest BCUT2D eigenvalue weighted by Crippen LogP contribution is -1.99. The molecule has 0 saturated carbocycles. The second-order valence-corrected chi connectivity index (χ2v) is 6.54. The van der Waals surface area contributed by atoms with Crippen molar-refractivity contribution in [3.8, 4) is 0 Å². The molecule has 3 heteroatoms. The summed E-state index contributed by atoms with van der Waals surface area (Å²) in [5.41, 5.74) is 3.80. The maximum atomic E-state index is 4.09. The molecular formula is C23H23N3. The van der Waals surface area contributed by atoms with E-state index < -0.39 is 0 Å². The van der Waals surface area contributed by atoms with Crippen molar-refractivity contribution in [2.45, 2.75) is 25.9 Å². The predicted molar refractivity (Wildman–Crippen MR) is 109 cm³/mol. The topological polar surface area (TPSA) is 22.8 Å². The molecule has 0 saturated heterocycles. The number of hydrogen-bond acceptors (Lipinski definition) is 1. The van der Waals surface area contributed by atoms with Gasteiger partial charge in [0.05, 0.1) is 6.33 Å². The zero-order valence-electron chi connectivity index (χ0n) is 14.8. The van der Waals surface area contributed by atoms with E-state index in [0.29, 0.717) is 0 Å². The van der Waals surface area contributed by atoms with Crippen LogP contribution in [0.5, 0.6) is 0 Å². The molecule has 0 unspecified atom stereocenters. The molecule has 0 amide bonds. The summed E-state index contributed by atoms with van der Waals surface area (Å²) in [6.07, 6.45) is 14.7. The van der Waals surface area contributed by atoms with Gasteiger partial charge in [0.2, 0.25) is 0 Å². The van der Waals surface area contributed by atoms with Gasteiger partial charge >= 0.3 is 0 Å². The normalized spacial score (nSPS) is 11.5. The van der Waals surface area contributed by atoms with Crippen molar-refractivity contribution in [2.24, 2.45) is 0 Å². The average Bonchev–Trinajstić information content (AvgIpc) is 3.34. The molecule has 2 aromatic heterocycles. The van der Waals surface area contributed by atoms with E-state index in [-0.39, 0.29) is 0 Å². The van der Waals surface area contributed by atoms with E-state index in [4.69, 9.17) is 0 Å². The number of nitrogens with zero attached hydrogens (tertiary/aromatic N) is 3. The zero-order valence-corrected chi connectivity index (χ0v) is 14.8. The number of rotatable bonds is 7. The Morgan fingerprint density at radius 1 is 0.808 bits per heavy atom. The summed E-state index contributed by atoms with van der Waals surface area (Å²) in [4.78, 5) is 4.09. The Hall–Kier alpha value is -3.07. The minimum Gasteiger partial charge on any atom is -0.347 e. The van der Waals surface area contributed by atoms with Crippen LogP contribution in [-0.2, 0) is 13.1 Å². The predicted octanol–water partition coefficient (Wildman–Crippen LogP) is 5.49. The van der Waals surface area contributed by atoms with Crippen LogP contribution in [0.2, 0.25) is 0 Å². The van der Waals surface area contributed by atoms with E-state index in [9.17, 15) is 0 Å². The van der Waals surface area contributed by atoms with Gasteiger partial charge in [-0.05, 0) is 36.1 Å². The SMILES string of the molecule is C(=C\c1cccc2c1ccn2CCCCn1ccnc1)/c1ccccc1. The summed E-state index contributed by atoms with van der Waals surface area (Å²) in [6.45, 7) is 2.08. The first kappa shape index (κ1) is 16.4. The van der Waals surface area contributed by atoms with Crippen LogP contribution >= 0.6 is 0 Å². The monoisotopic (exact) mass is 341 g/mol. The van der Waals surface area contributed by atoms with E-state index >= 15 is 0 Å². The molecule has 4 rings (SSSR count). The molecule has 26 heavy (non-hydrogen) atoms. The number of benzene rings is 2. The minimum atomic E-state index is 1.03. The minimum absolute atomic E-state index is 1.03. The van der Waals surface area contributed by atoms with E-state index in [0.717, 1.165) is 25.9 Å². The average molecular weight is 341 g/mol. The molecule has 0 N–H and O–H groups in total. The quantitative estimate of drug-likeness (QED) is 0.322. The summed E-state index contributed by atoms with van der Waals surface area (Å²) in [5.74, 6) is 0. The molecule has 0 aliphatic heterocycles. The highest BCUT2D eigenvalue weighted by molar-refractivity contribution is 5.91. The van der Waals surface area contributed by atoms with Gasteiger partial charge in [-0.25, -0.2) is 4.98 Å². The van der Waals surface area contributed by atoms with Crippen molar-refractivity contribution in [2.75, 3.05) is 0 Å². The molecule has 4 aromatic rings. The molecule has 0 fully saturated rings. The van der Waals surface area contributed by atoms with Crippen LogP contribution in [0.1, 0.15) is 24.0 Å². The van der Waals surface area contributed by atoms with Gasteiger partial charge in [0.15, 0.2) is 0 Å². The lowest BCUT2D eigenvalue weighted by atomic mass is 10.1. The maximum absolute atomic E-state index is 4.09. The first-order valence-corrected chi connectivity index (χ1v) is 9.17. The van der Waals surface area contributed by atoms with Gasteiger partial charge in [0.1, 0.15) is 0 Å². The molecule has 0 atom stereocenters. The second kappa shape index (κ2) is 7.87. The fraction of sp³-hybridized carbons (Fsp3) is 0.174. The fourth-order valence-electron chi connectivity index (χ4n) is 3.33.